The van der Waals surface area contributed by atoms with E-state index in [1.54, 1.807) is 0 Å². The zero-order valence-electron chi connectivity index (χ0n) is 12.5. The lowest BCUT2D eigenvalue weighted by molar-refractivity contribution is -0.147. The third kappa shape index (κ3) is 4.74. The summed E-state index contributed by atoms with van der Waals surface area (Å²) in [4.78, 5) is 58.4. The molecule has 10 nitrogen and oxygen atoms in total. The molecule has 0 saturated carbocycles. The van der Waals surface area contributed by atoms with Crippen LogP contribution in [0.1, 0.15) is 19.8 Å². The van der Waals surface area contributed by atoms with E-state index in [9.17, 15) is 24.0 Å². The largest absolute Gasteiger partial charge is 0.481 e. The molecule has 0 aromatic rings. The Bertz CT molecular complexity index is 534. The van der Waals surface area contributed by atoms with Crippen molar-refractivity contribution in [2.75, 3.05) is 13.1 Å². The molecule has 0 unspecified atom stereocenters. The summed E-state index contributed by atoms with van der Waals surface area (Å²) in [5, 5.41) is 20.0. The van der Waals surface area contributed by atoms with Crippen molar-refractivity contribution in [3.63, 3.8) is 0 Å². The van der Waals surface area contributed by atoms with Gasteiger partial charge in [0, 0.05) is 18.9 Å². The molecule has 0 aliphatic carbocycles. The number of carboxylic acids is 2. The molecule has 128 valence electrons. The molecule has 0 aromatic carbocycles. The second-order valence-corrected chi connectivity index (χ2v) is 5.29. The van der Waals surface area contributed by atoms with Crippen molar-refractivity contribution >= 4 is 29.5 Å². The number of carbonyl (C=O) groups is 5. The van der Waals surface area contributed by atoms with E-state index in [4.69, 9.17) is 15.9 Å². The molecule has 1 aliphatic heterocycles. The Kier molecular flexibility index (Phi) is 6.19. The van der Waals surface area contributed by atoms with Crippen LogP contribution in [0.5, 0.6) is 0 Å². The molecule has 23 heavy (non-hydrogen) atoms. The molecule has 0 spiro atoms. The highest BCUT2D eigenvalue weighted by Gasteiger charge is 2.41. The van der Waals surface area contributed by atoms with Gasteiger partial charge in [0.1, 0.15) is 6.04 Å². The minimum absolute atomic E-state index is 0.125. The number of hydrogen-bond donors (Lipinski definition) is 4. The van der Waals surface area contributed by atoms with Gasteiger partial charge in [0.15, 0.2) is 5.78 Å². The maximum atomic E-state index is 12.4. The lowest BCUT2D eigenvalue weighted by Crippen LogP contribution is -2.47. The number of nitrogens with one attached hydrogen (secondary N) is 1. The lowest BCUT2D eigenvalue weighted by atomic mass is 9.95. The van der Waals surface area contributed by atoms with E-state index in [0.29, 0.717) is 0 Å². The number of carboxylic acid groups (broad SMARTS) is 2. The Balaban J connectivity index is 2.84. The fourth-order valence-electron chi connectivity index (χ4n) is 2.36. The first-order valence-electron chi connectivity index (χ1n) is 6.94. The summed E-state index contributed by atoms with van der Waals surface area (Å²) in [5.41, 5.74) is 5.12. The normalized spacial score (nSPS) is 20.0. The summed E-state index contributed by atoms with van der Waals surface area (Å²) in [7, 11) is 0. The van der Waals surface area contributed by atoms with E-state index in [1.807, 2.05) is 0 Å². The molecule has 10 heteroatoms. The highest BCUT2D eigenvalue weighted by atomic mass is 16.4. The summed E-state index contributed by atoms with van der Waals surface area (Å²) >= 11 is 0. The SMILES string of the molecule is C[C@@H](C(=O)O)N1C[C@@H](C(=O)[C@H](CC(=O)O)NC(=O)CN)CC1=O. The molecule has 3 atom stereocenters. The molecular weight excluding hydrogens is 310 g/mol. The zero-order chi connectivity index (χ0) is 17.7. The van der Waals surface area contributed by atoms with Gasteiger partial charge in [0.25, 0.3) is 0 Å². The van der Waals surface area contributed by atoms with E-state index in [1.165, 1.54) is 6.92 Å². The number of nitrogens with zero attached hydrogens (tertiary/aromatic N) is 1. The van der Waals surface area contributed by atoms with Crippen molar-refractivity contribution < 1.29 is 34.2 Å². The van der Waals surface area contributed by atoms with Gasteiger partial charge < -0.3 is 26.2 Å². The number of hydrogen-bond acceptors (Lipinski definition) is 6. The van der Waals surface area contributed by atoms with Crippen LogP contribution in [0.2, 0.25) is 0 Å². The summed E-state index contributed by atoms with van der Waals surface area (Å²) in [5.74, 6) is -5.18. The maximum Gasteiger partial charge on any atom is 0.326 e. The van der Waals surface area contributed by atoms with Gasteiger partial charge >= 0.3 is 11.9 Å². The number of nitrogens with two attached hydrogens (primary N) is 1. The van der Waals surface area contributed by atoms with Crippen molar-refractivity contribution in [2.45, 2.75) is 31.8 Å². The number of ketones is 1. The third-order valence-electron chi connectivity index (χ3n) is 3.63. The van der Waals surface area contributed by atoms with E-state index >= 15 is 0 Å². The molecule has 1 heterocycles. The van der Waals surface area contributed by atoms with Crippen LogP contribution in [-0.4, -0.2) is 69.8 Å². The smallest absolute Gasteiger partial charge is 0.326 e. The van der Waals surface area contributed by atoms with Crippen LogP contribution in [0.3, 0.4) is 0 Å². The second-order valence-electron chi connectivity index (χ2n) is 5.29. The Morgan fingerprint density at radius 2 is 1.96 bits per heavy atom. The number of rotatable bonds is 8. The highest BCUT2D eigenvalue weighted by molar-refractivity contribution is 5.98. The van der Waals surface area contributed by atoms with Gasteiger partial charge in [-0.25, -0.2) is 4.79 Å². The molecule has 2 amide bonds. The van der Waals surface area contributed by atoms with Gasteiger partial charge in [0.05, 0.1) is 19.0 Å². The van der Waals surface area contributed by atoms with Gasteiger partial charge in [-0.3, -0.25) is 19.2 Å². The molecule has 1 saturated heterocycles. The quantitative estimate of drug-likeness (QED) is 0.389. The van der Waals surface area contributed by atoms with Gasteiger partial charge in [-0.1, -0.05) is 0 Å². The Morgan fingerprint density at radius 3 is 2.43 bits per heavy atom. The minimum Gasteiger partial charge on any atom is -0.481 e. The molecule has 0 radical (unpaired) electrons. The number of aliphatic carboxylic acids is 2. The predicted molar refractivity (Wildman–Crippen MR) is 75.2 cm³/mol. The van der Waals surface area contributed by atoms with Crippen LogP contribution < -0.4 is 11.1 Å². The lowest BCUT2D eigenvalue weighted by Gasteiger charge is -2.22. The minimum atomic E-state index is -1.30. The van der Waals surface area contributed by atoms with Gasteiger partial charge in [0.2, 0.25) is 11.8 Å². The number of carbonyl (C=O) groups excluding carboxylic acids is 3. The van der Waals surface area contributed by atoms with Gasteiger partial charge in [-0.2, -0.15) is 0 Å². The molecule has 5 N–H and O–H groups in total. The van der Waals surface area contributed by atoms with Crippen molar-refractivity contribution in [1.29, 1.82) is 0 Å². The first kappa shape index (κ1) is 18.6. The first-order valence-corrected chi connectivity index (χ1v) is 6.94. The second kappa shape index (κ2) is 7.68. The number of Topliss-reactive ketones (excluding diaryl/α,β-unsaturated/α-hetero) is 1. The monoisotopic (exact) mass is 329 g/mol. The predicted octanol–water partition coefficient (Wildman–Crippen LogP) is -2.20. The molecular formula is C13H19N3O7. The molecule has 1 fully saturated rings. The third-order valence-corrected chi connectivity index (χ3v) is 3.63. The van der Waals surface area contributed by atoms with E-state index in [2.05, 4.69) is 5.32 Å². The molecule has 1 aliphatic rings. The Hall–Kier alpha value is -2.49. The topological polar surface area (TPSA) is 167 Å². The maximum absolute atomic E-state index is 12.4. The summed E-state index contributed by atoms with van der Waals surface area (Å²) in [6.45, 7) is 0.785. The average molecular weight is 329 g/mol. The van der Waals surface area contributed by atoms with Gasteiger partial charge in [-0.15, -0.1) is 0 Å². The summed E-state index contributed by atoms with van der Waals surface area (Å²) in [6.07, 6.45) is -0.852. The fourth-order valence-corrected chi connectivity index (χ4v) is 2.36. The van der Waals surface area contributed by atoms with Crippen LogP contribution in [0.25, 0.3) is 0 Å². The van der Waals surface area contributed by atoms with E-state index < -0.39 is 60.5 Å². The molecule has 0 bridgehead atoms. The van der Waals surface area contributed by atoms with Crippen molar-refractivity contribution in [3.8, 4) is 0 Å². The van der Waals surface area contributed by atoms with Crippen LogP contribution in [0.4, 0.5) is 0 Å². The number of amides is 2. The highest BCUT2D eigenvalue weighted by Crippen LogP contribution is 2.23. The van der Waals surface area contributed by atoms with Crippen LogP contribution in [0, 0.1) is 5.92 Å². The molecule has 1 rings (SSSR count). The average Bonchev–Trinajstić information content (AvgIpc) is 2.85. The Morgan fingerprint density at radius 1 is 1.35 bits per heavy atom. The Labute approximate surface area is 131 Å². The van der Waals surface area contributed by atoms with Crippen LogP contribution >= 0.6 is 0 Å². The van der Waals surface area contributed by atoms with Crippen molar-refractivity contribution in [3.05, 3.63) is 0 Å². The standard InChI is InChI=1S/C13H19N3O7/c1-6(13(22)23)16-5-7(2-10(16)18)12(21)8(3-11(19)20)15-9(17)4-14/h6-8H,2-5,14H2,1H3,(H,15,17)(H,19,20)(H,22,23)/t6-,7-,8-/m0/s1. The summed E-state index contributed by atoms with van der Waals surface area (Å²) in [6, 6.07) is -2.39. The van der Waals surface area contributed by atoms with E-state index in [0.717, 1.165) is 4.90 Å². The van der Waals surface area contributed by atoms with Crippen molar-refractivity contribution in [1.82, 2.24) is 10.2 Å². The van der Waals surface area contributed by atoms with Crippen LogP contribution in [0.15, 0.2) is 0 Å². The van der Waals surface area contributed by atoms with Crippen molar-refractivity contribution in [2.24, 2.45) is 11.7 Å². The summed E-state index contributed by atoms with van der Waals surface area (Å²) < 4.78 is 0. The van der Waals surface area contributed by atoms with E-state index in [-0.39, 0.29) is 13.0 Å². The van der Waals surface area contributed by atoms with Gasteiger partial charge in [-0.05, 0) is 6.92 Å². The number of likely N-dealkylation sites (tertiary alicyclic amines) is 1. The fraction of sp³-hybridized carbons (Fsp3) is 0.615. The first-order chi connectivity index (χ1) is 10.7. The zero-order valence-corrected chi connectivity index (χ0v) is 12.5. The molecule has 0 aromatic heterocycles. The van der Waals surface area contributed by atoms with Crippen LogP contribution in [-0.2, 0) is 24.0 Å².